The second-order valence-corrected chi connectivity index (χ2v) is 9.15. The Labute approximate surface area is 196 Å². The van der Waals surface area contributed by atoms with E-state index in [0.717, 1.165) is 6.42 Å². The molecule has 2 heterocycles. The van der Waals surface area contributed by atoms with Gasteiger partial charge in [0.1, 0.15) is 11.4 Å². The van der Waals surface area contributed by atoms with E-state index in [9.17, 15) is 13.2 Å². The molecule has 0 unspecified atom stereocenters. The third kappa shape index (κ3) is 5.26. The number of hydrogen-bond acceptors (Lipinski definition) is 9. The fourth-order valence-electron chi connectivity index (χ4n) is 3.30. The Morgan fingerprint density at radius 1 is 1.15 bits per heavy atom. The van der Waals surface area contributed by atoms with Gasteiger partial charge in [0.2, 0.25) is 15.9 Å². The van der Waals surface area contributed by atoms with Gasteiger partial charge in [-0.2, -0.15) is 4.68 Å². The van der Waals surface area contributed by atoms with Crippen LogP contribution in [0, 0.1) is 6.92 Å². The summed E-state index contributed by atoms with van der Waals surface area (Å²) >= 11 is 0. The Hall–Kier alpha value is -3.71. The SMILES string of the molecule is COc1ccc(NC(=O)CCNS(=O)(=O)c2ccc3c(c2)OCCCO3)cc1-n1nnnc1C. The highest BCUT2D eigenvalue weighted by atomic mass is 32.2. The number of rotatable bonds is 8. The summed E-state index contributed by atoms with van der Waals surface area (Å²) in [6.45, 7) is 2.61. The molecule has 0 spiro atoms. The maximum absolute atomic E-state index is 12.6. The van der Waals surface area contributed by atoms with Crippen LogP contribution in [0.2, 0.25) is 0 Å². The number of nitrogens with one attached hydrogen (secondary N) is 2. The van der Waals surface area contributed by atoms with Gasteiger partial charge in [-0.1, -0.05) is 0 Å². The van der Waals surface area contributed by atoms with E-state index in [2.05, 4.69) is 25.6 Å². The number of nitrogens with zero attached hydrogens (tertiary/aromatic N) is 4. The van der Waals surface area contributed by atoms with E-state index in [1.807, 2.05) is 0 Å². The molecule has 4 rings (SSSR count). The Bertz CT molecular complexity index is 1290. The fourth-order valence-corrected chi connectivity index (χ4v) is 4.35. The second kappa shape index (κ2) is 10.1. The van der Waals surface area contributed by atoms with Crippen LogP contribution in [0.5, 0.6) is 17.2 Å². The number of carbonyl (C=O) groups excluding carboxylic acids is 1. The van der Waals surface area contributed by atoms with Gasteiger partial charge in [0.05, 0.1) is 25.2 Å². The van der Waals surface area contributed by atoms with Crippen molar-refractivity contribution in [3.05, 3.63) is 42.2 Å². The molecule has 34 heavy (non-hydrogen) atoms. The average Bonchev–Trinajstić information content (AvgIpc) is 3.10. The van der Waals surface area contributed by atoms with Crippen molar-refractivity contribution in [1.82, 2.24) is 24.9 Å². The van der Waals surface area contributed by atoms with Crippen LogP contribution in [0.3, 0.4) is 0 Å². The first-order chi connectivity index (χ1) is 16.4. The van der Waals surface area contributed by atoms with Crippen molar-refractivity contribution in [2.24, 2.45) is 0 Å². The molecular formula is C21H24N6O6S. The molecule has 0 saturated carbocycles. The van der Waals surface area contributed by atoms with E-state index in [0.29, 0.717) is 47.7 Å². The van der Waals surface area contributed by atoms with Crippen LogP contribution in [-0.4, -0.2) is 61.4 Å². The average molecular weight is 489 g/mol. The van der Waals surface area contributed by atoms with Crippen LogP contribution in [-0.2, 0) is 14.8 Å². The molecule has 0 fully saturated rings. The predicted molar refractivity (Wildman–Crippen MR) is 121 cm³/mol. The summed E-state index contributed by atoms with van der Waals surface area (Å²) in [6.07, 6.45) is 0.643. The molecule has 13 heteroatoms. The molecule has 180 valence electrons. The van der Waals surface area contributed by atoms with Gasteiger partial charge in [-0.3, -0.25) is 4.79 Å². The number of methoxy groups -OCH3 is 1. The molecule has 0 atom stereocenters. The summed E-state index contributed by atoms with van der Waals surface area (Å²) in [6, 6.07) is 9.44. The van der Waals surface area contributed by atoms with E-state index in [4.69, 9.17) is 14.2 Å². The smallest absolute Gasteiger partial charge is 0.240 e. The van der Waals surface area contributed by atoms with Crippen molar-refractivity contribution in [3.8, 4) is 22.9 Å². The monoisotopic (exact) mass is 488 g/mol. The van der Waals surface area contributed by atoms with Gasteiger partial charge in [0.15, 0.2) is 17.3 Å². The predicted octanol–water partition coefficient (Wildman–Crippen LogP) is 1.45. The number of aromatic nitrogens is 4. The normalized spacial score (nSPS) is 13.2. The molecule has 1 aromatic heterocycles. The third-order valence-electron chi connectivity index (χ3n) is 4.99. The minimum Gasteiger partial charge on any atom is -0.494 e. The first-order valence-corrected chi connectivity index (χ1v) is 12.0. The number of anilines is 1. The first kappa shape index (κ1) is 23.4. The van der Waals surface area contributed by atoms with Crippen LogP contribution < -0.4 is 24.2 Å². The van der Waals surface area contributed by atoms with Crippen LogP contribution in [0.25, 0.3) is 5.69 Å². The third-order valence-corrected chi connectivity index (χ3v) is 6.45. The highest BCUT2D eigenvalue weighted by Crippen LogP contribution is 2.32. The van der Waals surface area contributed by atoms with Gasteiger partial charge in [0, 0.05) is 31.1 Å². The zero-order valence-electron chi connectivity index (χ0n) is 18.6. The molecule has 12 nitrogen and oxygen atoms in total. The van der Waals surface area contributed by atoms with Crippen LogP contribution in [0.1, 0.15) is 18.7 Å². The molecule has 3 aromatic rings. The number of aryl methyl sites for hydroxylation is 1. The molecule has 1 aliphatic heterocycles. The molecule has 0 radical (unpaired) electrons. The molecule has 2 aromatic carbocycles. The van der Waals surface area contributed by atoms with Gasteiger partial charge < -0.3 is 19.5 Å². The Morgan fingerprint density at radius 2 is 1.94 bits per heavy atom. The molecule has 1 amide bonds. The summed E-state index contributed by atoms with van der Waals surface area (Å²) in [5.41, 5.74) is 1.04. The lowest BCUT2D eigenvalue weighted by Crippen LogP contribution is -2.28. The maximum atomic E-state index is 12.6. The number of benzene rings is 2. The first-order valence-electron chi connectivity index (χ1n) is 10.5. The van der Waals surface area contributed by atoms with Gasteiger partial charge in [-0.25, -0.2) is 13.1 Å². The van der Waals surface area contributed by atoms with Gasteiger partial charge in [0.25, 0.3) is 0 Å². The zero-order chi connectivity index (χ0) is 24.1. The van der Waals surface area contributed by atoms with E-state index in [-0.39, 0.29) is 23.8 Å². The molecule has 0 aliphatic carbocycles. The molecular weight excluding hydrogens is 464 g/mol. The fraction of sp³-hybridized carbons (Fsp3) is 0.333. The minimum absolute atomic E-state index is 0.0359. The van der Waals surface area contributed by atoms with Crippen LogP contribution in [0.4, 0.5) is 5.69 Å². The Balaban J connectivity index is 1.37. The summed E-state index contributed by atoms with van der Waals surface area (Å²) in [4.78, 5) is 12.5. The Kier molecular flexibility index (Phi) is 6.93. The van der Waals surface area contributed by atoms with E-state index < -0.39 is 10.0 Å². The van der Waals surface area contributed by atoms with E-state index in [1.165, 1.54) is 23.9 Å². The lowest BCUT2D eigenvalue weighted by molar-refractivity contribution is -0.116. The van der Waals surface area contributed by atoms with Crippen LogP contribution >= 0.6 is 0 Å². The van der Waals surface area contributed by atoms with Crippen molar-refractivity contribution in [2.75, 3.05) is 32.2 Å². The topological polar surface area (TPSA) is 147 Å². The summed E-state index contributed by atoms with van der Waals surface area (Å²) < 4.78 is 45.6. The molecule has 0 bridgehead atoms. The number of ether oxygens (including phenoxy) is 3. The number of tetrazole rings is 1. The summed E-state index contributed by atoms with van der Waals surface area (Å²) in [5.74, 6) is 1.59. The highest BCUT2D eigenvalue weighted by Gasteiger charge is 2.19. The summed E-state index contributed by atoms with van der Waals surface area (Å²) in [5, 5.41) is 14.1. The number of fused-ring (bicyclic) bond motifs is 1. The number of carbonyl (C=O) groups is 1. The molecule has 1 aliphatic rings. The second-order valence-electron chi connectivity index (χ2n) is 7.38. The van der Waals surface area contributed by atoms with E-state index >= 15 is 0 Å². The lowest BCUT2D eigenvalue weighted by atomic mass is 10.2. The minimum atomic E-state index is -3.83. The van der Waals surface area contributed by atoms with Crippen molar-refractivity contribution < 1.29 is 27.4 Å². The van der Waals surface area contributed by atoms with Crippen molar-refractivity contribution in [2.45, 2.75) is 24.7 Å². The standard InChI is InChI=1S/C21H24N6O6S/c1-14-24-25-26-27(14)17-12-15(4-6-18(17)31-2)23-21(28)8-9-22-34(29,30)16-5-7-19-20(13-16)33-11-3-10-32-19/h4-7,12-13,22H,3,8-11H2,1-2H3,(H,23,28). The van der Waals surface area contributed by atoms with Crippen molar-refractivity contribution in [1.29, 1.82) is 0 Å². The van der Waals surface area contributed by atoms with Crippen LogP contribution in [0.15, 0.2) is 41.3 Å². The van der Waals surface area contributed by atoms with E-state index in [1.54, 1.807) is 31.2 Å². The van der Waals surface area contributed by atoms with Gasteiger partial charge >= 0.3 is 0 Å². The largest absolute Gasteiger partial charge is 0.494 e. The van der Waals surface area contributed by atoms with Crippen molar-refractivity contribution >= 4 is 21.6 Å². The summed E-state index contributed by atoms with van der Waals surface area (Å²) in [7, 11) is -2.31. The quantitative estimate of drug-likeness (QED) is 0.481. The molecule has 2 N–H and O–H groups in total. The Morgan fingerprint density at radius 3 is 2.68 bits per heavy atom. The number of hydrogen-bond donors (Lipinski definition) is 2. The highest BCUT2D eigenvalue weighted by molar-refractivity contribution is 7.89. The number of sulfonamides is 1. The van der Waals surface area contributed by atoms with Gasteiger partial charge in [-0.05, 0) is 47.7 Å². The molecule has 0 saturated heterocycles. The lowest BCUT2D eigenvalue weighted by Gasteiger charge is -2.12. The number of amides is 1. The maximum Gasteiger partial charge on any atom is 0.240 e. The van der Waals surface area contributed by atoms with Crippen molar-refractivity contribution in [3.63, 3.8) is 0 Å². The zero-order valence-corrected chi connectivity index (χ0v) is 19.5. The van der Waals surface area contributed by atoms with Gasteiger partial charge in [-0.15, -0.1) is 5.10 Å².